The summed E-state index contributed by atoms with van der Waals surface area (Å²) in [5.41, 5.74) is 4.85. The van der Waals surface area contributed by atoms with E-state index in [2.05, 4.69) is 101 Å². The first kappa shape index (κ1) is 25.9. The van der Waals surface area contributed by atoms with Crippen molar-refractivity contribution in [3.05, 3.63) is 81.3 Å². The van der Waals surface area contributed by atoms with E-state index in [-0.39, 0.29) is 49.4 Å². The predicted molar refractivity (Wildman–Crippen MR) is 132 cm³/mol. The van der Waals surface area contributed by atoms with E-state index in [1.54, 1.807) is 27.3 Å². The van der Waals surface area contributed by atoms with Crippen LogP contribution in [0, 0.1) is 0 Å². The third-order valence-corrected chi connectivity index (χ3v) is 17.7. The number of hydrogen-bond donors (Lipinski definition) is 0. The van der Waals surface area contributed by atoms with Gasteiger partial charge >= 0.3 is 171 Å². The van der Waals surface area contributed by atoms with Crippen molar-refractivity contribution >= 4 is 50.1 Å². The molecule has 1 aliphatic rings. The molecule has 28 heavy (non-hydrogen) atoms. The van der Waals surface area contributed by atoms with E-state index in [0.717, 1.165) is 0 Å². The molecule has 0 spiro atoms. The molecular formula is C23H31Cl2PSiTi. The van der Waals surface area contributed by atoms with Crippen LogP contribution in [0.3, 0.4) is 0 Å². The molecule has 2 aromatic rings. The molecule has 150 valence electrons. The minimum absolute atomic E-state index is 0. The van der Waals surface area contributed by atoms with Gasteiger partial charge in [-0.05, 0) is 0 Å². The number of benzene rings is 2. The quantitative estimate of drug-likeness (QED) is 0.322. The smallest absolute Gasteiger partial charge is 0.147 e. The minimum atomic E-state index is -0.851. The maximum absolute atomic E-state index is 2.56. The van der Waals surface area contributed by atoms with Gasteiger partial charge in [0.1, 0.15) is 0 Å². The summed E-state index contributed by atoms with van der Waals surface area (Å²) in [7, 11) is -0.851. The van der Waals surface area contributed by atoms with E-state index in [4.69, 9.17) is 0 Å². The normalized spacial score (nSPS) is 19.0. The summed E-state index contributed by atoms with van der Waals surface area (Å²) in [5, 5.41) is 3.46. The van der Waals surface area contributed by atoms with Gasteiger partial charge in [-0.15, -0.1) is 24.8 Å². The van der Waals surface area contributed by atoms with E-state index in [0.29, 0.717) is 5.04 Å². The predicted octanol–water partition coefficient (Wildman–Crippen LogP) is 6.83. The molecule has 1 aliphatic carbocycles. The van der Waals surface area contributed by atoms with E-state index in [1.807, 2.05) is 3.88 Å². The zero-order valence-electron chi connectivity index (χ0n) is 17.6. The molecule has 0 N–H and O–H groups in total. The Morgan fingerprint density at radius 2 is 1.18 bits per heavy atom. The SMILES string of the molecule is CC1=C(C)C(C)([SiH](C)C)[C]([Ti][P](c2ccccc2)c2ccccc2)=C1C.Cl.Cl. The van der Waals surface area contributed by atoms with Gasteiger partial charge in [-0.3, -0.25) is 0 Å². The number of halogens is 2. The number of hydrogen-bond acceptors (Lipinski definition) is 0. The monoisotopic (exact) mass is 484 g/mol. The first-order chi connectivity index (χ1) is 12.4. The van der Waals surface area contributed by atoms with E-state index >= 15 is 0 Å². The van der Waals surface area contributed by atoms with Crippen molar-refractivity contribution in [2.75, 3.05) is 0 Å². The summed E-state index contributed by atoms with van der Waals surface area (Å²) < 4.78 is 1.84. The molecule has 3 rings (SSSR count). The summed E-state index contributed by atoms with van der Waals surface area (Å²) in [6.07, 6.45) is 0. The topological polar surface area (TPSA) is 0 Å². The maximum atomic E-state index is 2.56. The molecule has 0 saturated heterocycles. The average Bonchev–Trinajstić information content (AvgIpc) is 2.83. The molecular weight excluding hydrogens is 454 g/mol. The first-order valence-corrected chi connectivity index (χ1v) is 16.5. The third-order valence-electron chi connectivity index (χ3n) is 6.21. The van der Waals surface area contributed by atoms with Gasteiger partial charge in [0, 0.05) is 0 Å². The molecule has 5 heteroatoms. The van der Waals surface area contributed by atoms with Crippen LogP contribution in [-0.2, 0) is 18.6 Å². The third kappa shape index (κ3) is 4.77. The van der Waals surface area contributed by atoms with Crippen LogP contribution in [0.2, 0.25) is 18.1 Å². The van der Waals surface area contributed by atoms with Crippen molar-refractivity contribution in [3.8, 4) is 0 Å². The molecule has 0 nitrogen and oxygen atoms in total. The van der Waals surface area contributed by atoms with Crippen molar-refractivity contribution in [2.24, 2.45) is 0 Å². The Morgan fingerprint density at radius 3 is 1.57 bits per heavy atom. The van der Waals surface area contributed by atoms with Crippen molar-refractivity contribution in [1.82, 2.24) is 0 Å². The minimum Gasteiger partial charge on any atom is -0.147 e. The molecule has 0 amide bonds. The molecule has 2 aromatic carbocycles. The second kappa shape index (κ2) is 10.8. The van der Waals surface area contributed by atoms with Crippen LogP contribution in [0.25, 0.3) is 0 Å². The van der Waals surface area contributed by atoms with Gasteiger partial charge in [-0.1, -0.05) is 0 Å². The van der Waals surface area contributed by atoms with Gasteiger partial charge in [-0.2, -0.15) is 0 Å². The molecule has 0 radical (unpaired) electrons. The fourth-order valence-corrected chi connectivity index (χ4v) is 16.2. The van der Waals surface area contributed by atoms with Gasteiger partial charge in [0.2, 0.25) is 0 Å². The van der Waals surface area contributed by atoms with Crippen LogP contribution in [0.4, 0.5) is 0 Å². The Bertz CT molecular complexity index is 810. The molecule has 0 aromatic heterocycles. The second-order valence-corrected chi connectivity index (χ2v) is 17.0. The molecule has 0 saturated carbocycles. The van der Waals surface area contributed by atoms with Gasteiger partial charge in [-0.25, -0.2) is 0 Å². The van der Waals surface area contributed by atoms with Crippen LogP contribution in [-0.4, -0.2) is 8.80 Å². The van der Waals surface area contributed by atoms with Crippen LogP contribution in [0.15, 0.2) is 81.3 Å². The molecule has 0 aliphatic heterocycles. The summed E-state index contributed by atoms with van der Waals surface area (Å²) in [6.45, 7) is 14.8. The van der Waals surface area contributed by atoms with E-state index < -0.39 is 8.80 Å². The zero-order valence-corrected chi connectivity index (χ0v) is 22.9. The molecule has 1 unspecified atom stereocenters. The van der Waals surface area contributed by atoms with Gasteiger partial charge in [0.05, 0.1) is 0 Å². The Hall–Kier alpha value is -0.139. The van der Waals surface area contributed by atoms with Crippen LogP contribution >= 0.6 is 30.7 Å². The Kier molecular flexibility index (Phi) is 9.95. The summed E-state index contributed by atoms with van der Waals surface area (Å²) in [6, 6.07) is 22.5. The molecule has 0 fully saturated rings. The standard InChI is InChI=1S/C12H10P.C11H19Si.2ClH.Ti/c1-3-7-11(8-4-1)13-12-9-5-2-6-10-12;1-8-7-11(4,12(5)6)10(3)9(8)2;;;/h1-10H;12H,1-6H3;2*1H;/q-1;;;;+1. The number of allylic oxidation sites excluding steroid dienone is 4. The van der Waals surface area contributed by atoms with E-state index in [1.165, 1.54) is 0 Å². The van der Waals surface area contributed by atoms with Crippen LogP contribution in [0.1, 0.15) is 27.7 Å². The Morgan fingerprint density at radius 1 is 0.750 bits per heavy atom. The van der Waals surface area contributed by atoms with Gasteiger partial charge in [0.25, 0.3) is 0 Å². The fourth-order valence-electron chi connectivity index (χ4n) is 3.90. The summed E-state index contributed by atoms with van der Waals surface area (Å²) >= 11 is -0.255. The second-order valence-electron chi connectivity index (χ2n) is 7.73. The zero-order chi connectivity index (χ0) is 18.9. The Labute approximate surface area is 194 Å². The summed E-state index contributed by atoms with van der Waals surface area (Å²) in [5.74, 6) is -0.247. The van der Waals surface area contributed by atoms with Crippen molar-refractivity contribution in [2.45, 2.75) is 45.8 Å². The van der Waals surface area contributed by atoms with Gasteiger partial charge in [0.15, 0.2) is 0 Å². The van der Waals surface area contributed by atoms with Crippen LogP contribution < -0.4 is 10.6 Å². The fraction of sp³-hybridized carbons (Fsp3) is 0.304. The van der Waals surface area contributed by atoms with Crippen molar-refractivity contribution < 1.29 is 18.6 Å². The number of rotatable bonds is 5. The largest absolute Gasteiger partial charge is 0.147 e. The molecule has 0 heterocycles. The van der Waals surface area contributed by atoms with Gasteiger partial charge < -0.3 is 0 Å². The molecule has 1 atom stereocenters. The molecule has 0 bridgehead atoms. The Balaban J connectivity index is 0.00000196. The first-order valence-electron chi connectivity index (χ1n) is 9.44. The summed E-state index contributed by atoms with van der Waals surface area (Å²) in [4.78, 5) is 0. The van der Waals surface area contributed by atoms with Crippen LogP contribution in [0.5, 0.6) is 0 Å². The van der Waals surface area contributed by atoms with Crippen molar-refractivity contribution in [3.63, 3.8) is 0 Å². The van der Waals surface area contributed by atoms with E-state index in [9.17, 15) is 0 Å². The maximum Gasteiger partial charge on any atom is -0.147 e. The van der Waals surface area contributed by atoms with Crippen molar-refractivity contribution in [1.29, 1.82) is 0 Å². The average molecular weight is 485 g/mol.